The summed E-state index contributed by atoms with van der Waals surface area (Å²) in [6.45, 7) is 9.15. The number of hydrogen-bond donors (Lipinski definition) is 1. The predicted octanol–water partition coefficient (Wildman–Crippen LogP) is 4.64. The summed E-state index contributed by atoms with van der Waals surface area (Å²) < 4.78 is 2.00. The first-order valence-electron chi connectivity index (χ1n) is 10.2. The van der Waals surface area contributed by atoms with E-state index in [9.17, 15) is 4.79 Å². The van der Waals surface area contributed by atoms with Crippen LogP contribution in [-0.4, -0.2) is 20.7 Å². The normalized spacial score (nSPS) is 11.1. The highest BCUT2D eigenvalue weighted by Crippen LogP contribution is 2.21. The van der Waals surface area contributed by atoms with E-state index in [4.69, 9.17) is 0 Å². The molecule has 0 aliphatic carbocycles. The lowest BCUT2D eigenvalue weighted by Crippen LogP contribution is -2.24. The van der Waals surface area contributed by atoms with Crippen molar-refractivity contribution in [1.82, 2.24) is 20.1 Å². The van der Waals surface area contributed by atoms with E-state index in [1.807, 2.05) is 67.9 Å². The Hall–Kier alpha value is -3.47. The molecule has 4 aromatic rings. The van der Waals surface area contributed by atoms with Crippen LogP contribution in [0.25, 0.3) is 10.9 Å². The fraction of sp³-hybridized carbons (Fsp3) is 0.240. The first kappa shape index (κ1) is 19.8. The molecule has 0 bridgehead atoms. The topological polar surface area (TPSA) is 59.8 Å². The molecule has 1 N–H and O–H groups in total. The third-order valence-corrected chi connectivity index (χ3v) is 5.47. The van der Waals surface area contributed by atoms with Gasteiger partial charge >= 0.3 is 0 Å². The maximum Gasteiger partial charge on any atom is 0.252 e. The number of nitrogens with one attached hydrogen (secondary N) is 1. The highest BCUT2D eigenvalue weighted by Gasteiger charge is 2.16. The molecule has 0 atom stereocenters. The van der Waals surface area contributed by atoms with Gasteiger partial charge in [0, 0.05) is 28.9 Å². The zero-order valence-corrected chi connectivity index (χ0v) is 17.9. The summed E-state index contributed by atoms with van der Waals surface area (Å²) in [5.74, 6) is -0.0919. The molecule has 152 valence electrons. The number of aromatic nitrogens is 3. The fourth-order valence-electron chi connectivity index (χ4n) is 3.82. The second-order valence-electron chi connectivity index (χ2n) is 7.81. The molecule has 30 heavy (non-hydrogen) atoms. The van der Waals surface area contributed by atoms with E-state index >= 15 is 0 Å². The number of carbonyl (C=O) groups is 1. The number of benzene rings is 2. The van der Waals surface area contributed by atoms with Crippen molar-refractivity contribution in [2.24, 2.45) is 0 Å². The van der Waals surface area contributed by atoms with Crippen molar-refractivity contribution < 1.29 is 4.79 Å². The Morgan fingerprint density at radius 3 is 2.53 bits per heavy atom. The van der Waals surface area contributed by atoms with Crippen LogP contribution in [0.15, 0.2) is 54.6 Å². The number of amides is 1. The molecule has 0 radical (unpaired) electrons. The molecule has 1 amide bonds. The number of nitrogens with zero attached hydrogens (tertiary/aromatic N) is 3. The van der Waals surface area contributed by atoms with Crippen molar-refractivity contribution in [1.29, 1.82) is 0 Å². The average Bonchev–Trinajstić information content (AvgIpc) is 2.99. The summed E-state index contributed by atoms with van der Waals surface area (Å²) in [6, 6.07) is 18.1. The largest absolute Gasteiger partial charge is 0.348 e. The quantitative estimate of drug-likeness (QED) is 0.533. The van der Waals surface area contributed by atoms with Crippen molar-refractivity contribution in [3.05, 3.63) is 93.9 Å². The molecule has 0 aliphatic heterocycles. The van der Waals surface area contributed by atoms with Crippen LogP contribution in [0, 0.1) is 27.7 Å². The Kier molecular flexibility index (Phi) is 5.36. The van der Waals surface area contributed by atoms with Gasteiger partial charge in [0.25, 0.3) is 5.91 Å². The zero-order valence-electron chi connectivity index (χ0n) is 17.9. The smallest absolute Gasteiger partial charge is 0.252 e. The van der Waals surface area contributed by atoms with Crippen molar-refractivity contribution in [2.75, 3.05) is 0 Å². The van der Waals surface area contributed by atoms with E-state index in [-0.39, 0.29) is 5.91 Å². The van der Waals surface area contributed by atoms with Crippen LogP contribution in [0.4, 0.5) is 0 Å². The van der Waals surface area contributed by atoms with Crippen LogP contribution < -0.4 is 5.32 Å². The highest BCUT2D eigenvalue weighted by molar-refractivity contribution is 6.06. The van der Waals surface area contributed by atoms with Gasteiger partial charge in [-0.1, -0.05) is 42.0 Å². The molecule has 0 aliphatic rings. The van der Waals surface area contributed by atoms with Crippen LogP contribution in [0.2, 0.25) is 0 Å². The molecular weight excluding hydrogens is 372 g/mol. The molecule has 2 aromatic heterocycles. The van der Waals surface area contributed by atoms with Crippen molar-refractivity contribution in [3.8, 4) is 0 Å². The minimum absolute atomic E-state index is 0.0919. The standard InChI is InChI=1S/C25H26N4O/c1-16-10-11-24-21(12-16)22(13-17(2)27-24)25(30)26-14-23-18(3)28-29(19(23)4)15-20-8-6-5-7-9-20/h5-13H,14-15H2,1-4H3,(H,26,30). The van der Waals surface area contributed by atoms with E-state index in [0.29, 0.717) is 12.1 Å². The van der Waals surface area contributed by atoms with E-state index in [1.54, 1.807) is 0 Å². The van der Waals surface area contributed by atoms with Crippen LogP contribution >= 0.6 is 0 Å². The predicted molar refractivity (Wildman–Crippen MR) is 120 cm³/mol. The molecule has 0 unspecified atom stereocenters. The number of carbonyl (C=O) groups excluding carboxylic acids is 1. The number of hydrogen-bond acceptors (Lipinski definition) is 3. The van der Waals surface area contributed by atoms with Crippen LogP contribution in [-0.2, 0) is 13.1 Å². The Balaban J connectivity index is 1.56. The second kappa shape index (κ2) is 8.11. The van der Waals surface area contributed by atoms with Gasteiger partial charge in [-0.2, -0.15) is 5.10 Å². The molecule has 0 fully saturated rings. The average molecular weight is 399 g/mol. The van der Waals surface area contributed by atoms with Gasteiger partial charge in [0.15, 0.2) is 0 Å². The molecule has 5 heteroatoms. The minimum atomic E-state index is -0.0919. The summed E-state index contributed by atoms with van der Waals surface area (Å²) in [5, 5.41) is 8.66. The van der Waals surface area contributed by atoms with Gasteiger partial charge in [-0.25, -0.2) is 0 Å². The third-order valence-electron chi connectivity index (χ3n) is 5.47. The summed E-state index contributed by atoms with van der Waals surface area (Å²) in [6.07, 6.45) is 0. The Labute approximate surface area is 176 Å². The molecular formula is C25H26N4O. The molecule has 4 rings (SSSR count). The van der Waals surface area contributed by atoms with Gasteiger partial charge in [-0.3, -0.25) is 14.5 Å². The van der Waals surface area contributed by atoms with Gasteiger partial charge in [-0.15, -0.1) is 0 Å². The van der Waals surface area contributed by atoms with Gasteiger partial charge in [0.1, 0.15) is 0 Å². The number of pyridine rings is 1. The maximum atomic E-state index is 13.0. The molecule has 0 saturated heterocycles. The van der Waals surface area contributed by atoms with E-state index in [0.717, 1.165) is 45.7 Å². The van der Waals surface area contributed by atoms with Gasteiger partial charge < -0.3 is 5.32 Å². The number of fused-ring (bicyclic) bond motifs is 1. The van der Waals surface area contributed by atoms with Gasteiger partial charge in [0.2, 0.25) is 0 Å². The zero-order chi connectivity index (χ0) is 21.3. The van der Waals surface area contributed by atoms with Crippen LogP contribution in [0.3, 0.4) is 0 Å². The molecule has 5 nitrogen and oxygen atoms in total. The van der Waals surface area contributed by atoms with E-state index in [1.165, 1.54) is 5.56 Å². The molecule has 0 saturated carbocycles. The second-order valence-corrected chi connectivity index (χ2v) is 7.81. The Bertz CT molecular complexity index is 1230. The summed E-state index contributed by atoms with van der Waals surface area (Å²) in [5.41, 5.74) is 7.72. The van der Waals surface area contributed by atoms with Gasteiger partial charge in [0.05, 0.1) is 23.3 Å². The van der Waals surface area contributed by atoms with Crippen LogP contribution in [0.1, 0.15) is 44.1 Å². The van der Waals surface area contributed by atoms with E-state index < -0.39 is 0 Å². The lowest BCUT2D eigenvalue weighted by molar-refractivity contribution is 0.0952. The van der Waals surface area contributed by atoms with Gasteiger partial charge in [-0.05, 0) is 51.5 Å². The summed E-state index contributed by atoms with van der Waals surface area (Å²) >= 11 is 0. The highest BCUT2D eigenvalue weighted by atomic mass is 16.1. The minimum Gasteiger partial charge on any atom is -0.348 e. The molecule has 0 spiro atoms. The Morgan fingerprint density at radius 2 is 1.77 bits per heavy atom. The van der Waals surface area contributed by atoms with E-state index in [2.05, 4.69) is 34.5 Å². The Morgan fingerprint density at radius 1 is 1.00 bits per heavy atom. The number of rotatable bonds is 5. The van der Waals surface area contributed by atoms with Crippen molar-refractivity contribution >= 4 is 16.8 Å². The first-order valence-corrected chi connectivity index (χ1v) is 10.2. The van der Waals surface area contributed by atoms with Crippen molar-refractivity contribution in [2.45, 2.75) is 40.8 Å². The molecule has 2 heterocycles. The summed E-state index contributed by atoms with van der Waals surface area (Å²) in [7, 11) is 0. The molecule has 2 aromatic carbocycles. The summed E-state index contributed by atoms with van der Waals surface area (Å²) in [4.78, 5) is 17.6. The number of aryl methyl sites for hydroxylation is 3. The SMILES string of the molecule is Cc1ccc2nc(C)cc(C(=O)NCc3c(C)nn(Cc4ccccc4)c3C)c2c1. The lowest BCUT2D eigenvalue weighted by Gasteiger charge is -2.10. The fourth-order valence-corrected chi connectivity index (χ4v) is 3.82. The third kappa shape index (κ3) is 3.96. The monoisotopic (exact) mass is 398 g/mol. The maximum absolute atomic E-state index is 13.0. The van der Waals surface area contributed by atoms with Crippen LogP contribution in [0.5, 0.6) is 0 Å². The first-order chi connectivity index (χ1) is 14.4. The van der Waals surface area contributed by atoms with Crippen molar-refractivity contribution in [3.63, 3.8) is 0 Å². The lowest BCUT2D eigenvalue weighted by atomic mass is 10.0.